The van der Waals surface area contributed by atoms with Crippen molar-refractivity contribution < 1.29 is 17.9 Å². The molecule has 1 aliphatic heterocycles. The molecular formula is C33H43N3O4S. The van der Waals surface area contributed by atoms with Crippen molar-refractivity contribution in [2.45, 2.75) is 99.9 Å². The molecule has 2 aromatic carbocycles. The minimum Gasteiger partial charge on any atom is -0.496 e. The Labute approximate surface area is 244 Å². The van der Waals surface area contributed by atoms with Gasteiger partial charge in [-0.25, -0.2) is 8.42 Å². The van der Waals surface area contributed by atoms with E-state index in [2.05, 4.69) is 15.6 Å². The highest BCUT2D eigenvalue weighted by molar-refractivity contribution is 7.91. The van der Waals surface area contributed by atoms with Crippen molar-refractivity contribution in [2.75, 3.05) is 13.7 Å². The van der Waals surface area contributed by atoms with Crippen molar-refractivity contribution in [3.8, 4) is 5.75 Å². The number of aromatic amines is 1. The molecule has 41 heavy (non-hydrogen) atoms. The van der Waals surface area contributed by atoms with E-state index in [0.29, 0.717) is 18.0 Å². The lowest BCUT2D eigenvalue weighted by molar-refractivity contribution is 0.0946. The van der Waals surface area contributed by atoms with Gasteiger partial charge in [-0.05, 0) is 79.3 Å². The number of hydrogen-bond donors (Lipinski definition) is 3. The van der Waals surface area contributed by atoms with Gasteiger partial charge in [0.2, 0.25) is 9.84 Å². The molecule has 5 rings (SSSR count). The van der Waals surface area contributed by atoms with Crippen LogP contribution in [0.5, 0.6) is 5.75 Å². The van der Waals surface area contributed by atoms with Gasteiger partial charge in [0.15, 0.2) is 0 Å². The van der Waals surface area contributed by atoms with E-state index in [0.717, 1.165) is 42.6 Å². The third kappa shape index (κ3) is 6.24. The van der Waals surface area contributed by atoms with Crippen LogP contribution < -0.4 is 15.4 Å². The molecule has 0 bridgehead atoms. The number of ether oxygens (including phenoxy) is 1. The smallest absolute Gasteiger partial charge is 0.267 e. The van der Waals surface area contributed by atoms with E-state index >= 15 is 0 Å². The first-order chi connectivity index (χ1) is 19.7. The highest BCUT2D eigenvalue weighted by atomic mass is 32.2. The largest absolute Gasteiger partial charge is 0.496 e. The average molecular weight is 578 g/mol. The third-order valence-electron chi connectivity index (χ3n) is 8.90. The lowest BCUT2D eigenvalue weighted by Crippen LogP contribution is -2.43. The number of nitrogens with one attached hydrogen (secondary N) is 3. The number of benzene rings is 2. The maximum absolute atomic E-state index is 13.3. The van der Waals surface area contributed by atoms with Crippen LogP contribution in [0.15, 0.2) is 52.3 Å². The third-order valence-corrected chi connectivity index (χ3v) is 10.6. The number of carbonyl (C=O) groups is 1. The lowest BCUT2D eigenvalue weighted by atomic mass is 9.72. The zero-order valence-electron chi connectivity index (χ0n) is 24.6. The number of H-pyrrole nitrogens is 1. The van der Waals surface area contributed by atoms with Gasteiger partial charge in [0.05, 0.1) is 16.9 Å². The molecule has 1 spiro atoms. The predicted octanol–water partition coefficient (Wildman–Crippen LogP) is 6.27. The number of aromatic nitrogens is 1. The second-order valence-corrected chi connectivity index (χ2v) is 13.8. The maximum atomic E-state index is 13.3. The van der Waals surface area contributed by atoms with E-state index < -0.39 is 9.84 Å². The molecule has 220 valence electrons. The van der Waals surface area contributed by atoms with E-state index in [1.807, 2.05) is 19.9 Å². The number of fused-ring (bicyclic) bond motifs is 2. The van der Waals surface area contributed by atoms with Crippen molar-refractivity contribution in [1.29, 1.82) is 0 Å². The second kappa shape index (κ2) is 12.4. The number of amides is 1. The standard InChI is InChI=1S/C33H43N3O4S/c1-23-17-28(18-24(2)30(23)40-3)41(38,39)27-13-11-25(12-14-27)20-35-32(37)29-19-26-21-34-22-33(31(26)36-29)15-9-7-5-4-6-8-10-16-33/h11-14,17-19,34,36H,4-10,15-16,20-22H2,1-3H3,(H,35,37). The van der Waals surface area contributed by atoms with Crippen LogP contribution in [0.2, 0.25) is 0 Å². The zero-order chi connectivity index (χ0) is 29.0. The Balaban J connectivity index is 1.27. The van der Waals surface area contributed by atoms with E-state index in [4.69, 9.17) is 4.74 Å². The van der Waals surface area contributed by atoms with E-state index in [-0.39, 0.29) is 21.1 Å². The fourth-order valence-electron chi connectivity index (χ4n) is 6.71. The second-order valence-electron chi connectivity index (χ2n) is 11.9. The van der Waals surface area contributed by atoms with Gasteiger partial charge in [0, 0.05) is 30.7 Å². The molecule has 0 atom stereocenters. The summed E-state index contributed by atoms with van der Waals surface area (Å²) in [5, 5.41) is 6.65. The molecule has 1 amide bonds. The van der Waals surface area contributed by atoms with Crippen molar-refractivity contribution in [1.82, 2.24) is 15.6 Å². The van der Waals surface area contributed by atoms with Gasteiger partial charge in [-0.15, -0.1) is 0 Å². The highest BCUT2D eigenvalue weighted by Gasteiger charge is 2.38. The number of rotatable bonds is 6. The molecule has 1 saturated carbocycles. The summed E-state index contributed by atoms with van der Waals surface area (Å²) in [6.07, 6.45) is 11.3. The maximum Gasteiger partial charge on any atom is 0.267 e. The molecule has 0 radical (unpaired) electrons. The topological polar surface area (TPSA) is 100 Å². The van der Waals surface area contributed by atoms with Gasteiger partial charge < -0.3 is 20.4 Å². The molecule has 0 saturated heterocycles. The molecule has 3 N–H and O–H groups in total. The number of hydrogen-bond acceptors (Lipinski definition) is 5. The zero-order valence-corrected chi connectivity index (χ0v) is 25.4. The first kappa shape index (κ1) is 29.4. The van der Waals surface area contributed by atoms with Crippen LogP contribution in [-0.4, -0.2) is 33.0 Å². The van der Waals surface area contributed by atoms with Crippen LogP contribution in [0.1, 0.15) is 96.2 Å². The number of methoxy groups -OCH3 is 1. The number of sulfone groups is 1. The van der Waals surface area contributed by atoms with E-state index in [9.17, 15) is 13.2 Å². The van der Waals surface area contributed by atoms with E-state index in [1.54, 1.807) is 43.5 Å². The fraction of sp³-hybridized carbons (Fsp3) is 0.485. The number of aryl methyl sites for hydroxylation is 2. The first-order valence-electron chi connectivity index (χ1n) is 14.9. The molecule has 7 nitrogen and oxygen atoms in total. The minimum atomic E-state index is -3.68. The Hall–Kier alpha value is -3.10. The fourth-order valence-corrected chi connectivity index (χ4v) is 8.14. The Morgan fingerprint density at radius 2 is 1.51 bits per heavy atom. The van der Waals surface area contributed by atoms with Crippen molar-refractivity contribution in [3.05, 3.63) is 76.1 Å². The average Bonchev–Trinajstić information content (AvgIpc) is 3.41. The molecule has 1 aliphatic carbocycles. The quantitative estimate of drug-likeness (QED) is 0.321. The number of carbonyl (C=O) groups excluding carboxylic acids is 1. The van der Waals surface area contributed by atoms with Gasteiger partial charge in [0.1, 0.15) is 11.4 Å². The molecule has 1 fully saturated rings. The Morgan fingerprint density at radius 1 is 0.902 bits per heavy atom. The van der Waals surface area contributed by atoms with Crippen LogP contribution in [0.4, 0.5) is 0 Å². The van der Waals surface area contributed by atoms with Gasteiger partial charge in [-0.2, -0.15) is 0 Å². The van der Waals surface area contributed by atoms with Crippen LogP contribution in [0.25, 0.3) is 0 Å². The molecule has 0 unspecified atom stereocenters. The summed E-state index contributed by atoms with van der Waals surface area (Å²) in [6, 6.07) is 12.0. The predicted molar refractivity (Wildman–Crippen MR) is 161 cm³/mol. The van der Waals surface area contributed by atoms with Gasteiger partial charge in [-0.3, -0.25) is 4.79 Å². The summed E-state index contributed by atoms with van der Waals surface area (Å²) in [5.41, 5.74) is 5.52. The van der Waals surface area contributed by atoms with Crippen molar-refractivity contribution in [3.63, 3.8) is 0 Å². The lowest BCUT2D eigenvalue weighted by Gasteiger charge is -2.38. The van der Waals surface area contributed by atoms with Crippen LogP contribution in [-0.2, 0) is 28.3 Å². The first-order valence-corrected chi connectivity index (χ1v) is 16.4. The monoisotopic (exact) mass is 577 g/mol. The van der Waals surface area contributed by atoms with E-state index in [1.165, 1.54) is 56.2 Å². The van der Waals surface area contributed by atoms with Crippen molar-refractivity contribution in [2.24, 2.45) is 0 Å². The molecular weight excluding hydrogens is 534 g/mol. The van der Waals surface area contributed by atoms with Gasteiger partial charge in [-0.1, -0.05) is 57.1 Å². The van der Waals surface area contributed by atoms with Crippen LogP contribution in [0.3, 0.4) is 0 Å². The summed E-state index contributed by atoms with van der Waals surface area (Å²) >= 11 is 0. The van der Waals surface area contributed by atoms with Crippen LogP contribution >= 0.6 is 0 Å². The molecule has 1 aromatic heterocycles. The minimum absolute atomic E-state index is 0.0751. The normalized spacial score (nSPS) is 17.5. The summed E-state index contributed by atoms with van der Waals surface area (Å²) in [6.45, 7) is 5.74. The summed E-state index contributed by atoms with van der Waals surface area (Å²) in [4.78, 5) is 17.2. The SMILES string of the molecule is COc1c(C)cc(S(=O)(=O)c2ccc(CNC(=O)c3cc4c([nH]3)C3(CCCCCCCCC3)CNC4)cc2)cc1C. The molecule has 3 aromatic rings. The Morgan fingerprint density at radius 3 is 2.12 bits per heavy atom. The molecule has 8 heteroatoms. The summed E-state index contributed by atoms with van der Waals surface area (Å²) in [5.74, 6) is 0.551. The molecule has 2 aliphatic rings. The summed E-state index contributed by atoms with van der Waals surface area (Å²) in [7, 11) is -2.10. The highest BCUT2D eigenvalue weighted by Crippen LogP contribution is 2.40. The Bertz CT molecular complexity index is 1460. The van der Waals surface area contributed by atoms with Crippen LogP contribution in [0, 0.1) is 13.8 Å². The summed E-state index contributed by atoms with van der Waals surface area (Å²) < 4.78 is 31.9. The molecule has 2 heterocycles. The van der Waals surface area contributed by atoms with Crippen molar-refractivity contribution >= 4 is 15.7 Å². The Kier molecular flexibility index (Phi) is 8.90. The van der Waals surface area contributed by atoms with Gasteiger partial charge in [0.25, 0.3) is 5.91 Å². The van der Waals surface area contributed by atoms with Gasteiger partial charge >= 0.3 is 0 Å².